The highest BCUT2D eigenvalue weighted by molar-refractivity contribution is 5.92. The smallest absolute Gasteiger partial charge is 0.340 e. The standard InChI is InChI=1S/C33H26O17/c34-18-5-1-14(9-22(18)38)29(42)46-13-26-27(48-30(43)15-2-6-19(35)23(39)10-15)28(49-31(44)16-3-7-20(36)24(40)11-16)33(47-26)50-32(45)17-4-8-21(37)25(41)12-17/h1-12,26-28,33-41H,13H2/t26-,27-,28-,33?/m1/s1. The van der Waals surface area contributed by atoms with E-state index in [-0.39, 0.29) is 22.3 Å². The highest BCUT2D eigenvalue weighted by Gasteiger charge is 2.52. The molecule has 0 amide bonds. The third-order valence-corrected chi connectivity index (χ3v) is 7.20. The Morgan fingerprint density at radius 2 is 0.800 bits per heavy atom. The van der Waals surface area contributed by atoms with E-state index in [0.29, 0.717) is 0 Å². The van der Waals surface area contributed by atoms with Crippen molar-refractivity contribution < 1.29 is 83.7 Å². The van der Waals surface area contributed by atoms with Crippen LogP contribution in [0.3, 0.4) is 0 Å². The number of rotatable bonds is 9. The first-order valence-electron chi connectivity index (χ1n) is 14.2. The quantitative estimate of drug-likeness (QED) is 0.0710. The lowest BCUT2D eigenvalue weighted by Crippen LogP contribution is -2.42. The van der Waals surface area contributed by atoms with Gasteiger partial charge in [-0.3, -0.25) is 0 Å². The number of hydrogen-bond donors (Lipinski definition) is 8. The van der Waals surface area contributed by atoms with Gasteiger partial charge in [0.2, 0.25) is 12.4 Å². The molecule has 0 bridgehead atoms. The number of ether oxygens (including phenoxy) is 5. The molecular weight excluding hydrogens is 668 g/mol. The molecular formula is C33H26O17. The number of phenols is 8. The molecule has 8 N–H and O–H groups in total. The maximum atomic E-state index is 13.3. The summed E-state index contributed by atoms with van der Waals surface area (Å²) in [6.07, 6.45) is -7.12. The summed E-state index contributed by atoms with van der Waals surface area (Å²) in [5, 5.41) is 78.0. The van der Waals surface area contributed by atoms with Crippen LogP contribution in [0.25, 0.3) is 0 Å². The minimum atomic E-state index is -1.93. The fourth-order valence-electron chi connectivity index (χ4n) is 4.59. The molecule has 1 aliphatic heterocycles. The van der Waals surface area contributed by atoms with Gasteiger partial charge in [-0.25, -0.2) is 19.2 Å². The summed E-state index contributed by atoms with van der Waals surface area (Å²) < 4.78 is 27.5. The van der Waals surface area contributed by atoms with Crippen molar-refractivity contribution in [1.29, 1.82) is 0 Å². The zero-order valence-electron chi connectivity index (χ0n) is 25.2. The van der Waals surface area contributed by atoms with Gasteiger partial charge in [0.05, 0.1) is 22.3 Å². The van der Waals surface area contributed by atoms with Crippen molar-refractivity contribution in [3.8, 4) is 46.0 Å². The van der Waals surface area contributed by atoms with Crippen molar-refractivity contribution in [3.05, 3.63) is 95.1 Å². The Morgan fingerprint density at radius 1 is 0.460 bits per heavy atom. The van der Waals surface area contributed by atoms with E-state index in [1.54, 1.807) is 0 Å². The lowest BCUT2D eigenvalue weighted by atomic mass is 10.1. The highest BCUT2D eigenvalue weighted by atomic mass is 16.8. The molecule has 0 spiro atoms. The maximum absolute atomic E-state index is 13.3. The van der Waals surface area contributed by atoms with Gasteiger partial charge in [-0.15, -0.1) is 0 Å². The van der Waals surface area contributed by atoms with E-state index in [4.69, 9.17) is 23.7 Å². The van der Waals surface area contributed by atoms with Crippen molar-refractivity contribution in [1.82, 2.24) is 0 Å². The summed E-state index contributed by atoms with van der Waals surface area (Å²) >= 11 is 0. The Balaban J connectivity index is 1.49. The van der Waals surface area contributed by atoms with Crippen LogP contribution in [-0.4, -0.2) is 95.9 Å². The molecule has 0 aliphatic carbocycles. The number of hydrogen-bond acceptors (Lipinski definition) is 17. The fourth-order valence-corrected chi connectivity index (χ4v) is 4.59. The molecule has 4 aromatic carbocycles. The van der Waals surface area contributed by atoms with Gasteiger partial charge in [-0.05, 0) is 72.8 Å². The molecule has 4 atom stereocenters. The lowest BCUT2D eigenvalue weighted by Gasteiger charge is -2.24. The van der Waals surface area contributed by atoms with Crippen LogP contribution in [0.2, 0.25) is 0 Å². The van der Waals surface area contributed by atoms with Gasteiger partial charge in [-0.2, -0.15) is 0 Å². The Bertz CT molecular complexity index is 1970. The third-order valence-electron chi connectivity index (χ3n) is 7.20. The van der Waals surface area contributed by atoms with E-state index >= 15 is 0 Å². The summed E-state index contributed by atoms with van der Waals surface area (Å²) in [6, 6.07) is 11.8. The van der Waals surface area contributed by atoms with Crippen LogP contribution in [0.5, 0.6) is 46.0 Å². The number of esters is 4. The molecule has 0 saturated carbocycles. The van der Waals surface area contributed by atoms with Crippen molar-refractivity contribution in [3.63, 3.8) is 0 Å². The molecule has 1 unspecified atom stereocenters. The average Bonchev–Trinajstić information content (AvgIpc) is 3.39. The molecule has 260 valence electrons. The topological polar surface area (TPSA) is 276 Å². The maximum Gasteiger partial charge on any atom is 0.340 e. The monoisotopic (exact) mass is 694 g/mol. The number of carbonyl (C=O) groups excluding carboxylic acids is 4. The van der Waals surface area contributed by atoms with E-state index in [1.807, 2.05) is 0 Å². The zero-order valence-corrected chi connectivity index (χ0v) is 25.2. The predicted molar refractivity (Wildman–Crippen MR) is 162 cm³/mol. The zero-order chi connectivity index (χ0) is 36.3. The minimum absolute atomic E-state index is 0.225. The number of aromatic hydroxyl groups is 8. The van der Waals surface area contributed by atoms with Crippen molar-refractivity contribution >= 4 is 23.9 Å². The summed E-state index contributed by atoms with van der Waals surface area (Å²) in [4.78, 5) is 52.4. The minimum Gasteiger partial charge on any atom is -0.504 e. The molecule has 1 fully saturated rings. The Morgan fingerprint density at radius 3 is 1.18 bits per heavy atom. The van der Waals surface area contributed by atoms with Gasteiger partial charge in [-0.1, -0.05) is 0 Å². The van der Waals surface area contributed by atoms with E-state index in [2.05, 4.69) is 0 Å². The first-order valence-corrected chi connectivity index (χ1v) is 14.2. The van der Waals surface area contributed by atoms with Gasteiger partial charge >= 0.3 is 23.9 Å². The van der Waals surface area contributed by atoms with Gasteiger partial charge in [0.25, 0.3) is 0 Å². The van der Waals surface area contributed by atoms with Gasteiger partial charge in [0.1, 0.15) is 12.7 Å². The molecule has 17 nitrogen and oxygen atoms in total. The summed E-state index contributed by atoms with van der Waals surface area (Å²) in [5.41, 5.74) is -1.18. The Labute approximate surface area is 279 Å². The molecule has 50 heavy (non-hydrogen) atoms. The van der Waals surface area contributed by atoms with Crippen LogP contribution >= 0.6 is 0 Å². The average molecular weight is 695 g/mol. The van der Waals surface area contributed by atoms with E-state index in [1.165, 1.54) is 0 Å². The first kappa shape index (κ1) is 34.5. The first-order chi connectivity index (χ1) is 23.7. The van der Waals surface area contributed by atoms with Gasteiger partial charge < -0.3 is 64.5 Å². The Kier molecular flexibility index (Phi) is 9.70. The second-order valence-corrected chi connectivity index (χ2v) is 10.6. The van der Waals surface area contributed by atoms with Crippen LogP contribution in [0, 0.1) is 0 Å². The van der Waals surface area contributed by atoms with Crippen molar-refractivity contribution in [2.75, 3.05) is 6.61 Å². The van der Waals surface area contributed by atoms with E-state index in [0.717, 1.165) is 72.8 Å². The van der Waals surface area contributed by atoms with Crippen LogP contribution in [-0.2, 0) is 23.7 Å². The molecule has 5 rings (SSSR count). The van der Waals surface area contributed by atoms with Crippen LogP contribution in [0.1, 0.15) is 41.4 Å². The molecule has 0 radical (unpaired) electrons. The molecule has 17 heteroatoms. The van der Waals surface area contributed by atoms with Crippen molar-refractivity contribution in [2.45, 2.75) is 24.6 Å². The number of benzene rings is 4. The third kappa shape index (κ3) is 7.47. The van der Waals surface area contributed by atoms with E-state index < -0.39 is 101 Å². The molecule has 1 heterocycles. The predicted octanol–water partition coefficient (Wildman–Crippen LogP) is 2.52. The van der Waals surface area contributed by atoms with Crippen LogP contribution < -0.4 is 0 Å². The lowest BCUT2D eigenvalue weighted by molar-refractivity contribution is -0.141. The Hall–Kier alpha value is -6.88. The SMILES string of the molecule is O=C(OC[C@H]1OC(OC(=O)c2ccc(O)c(O)c2)[C@H](OC(=O)c2ccc(O)c(O)c2)[C@@H]1OC(=O)c1ccc(O)c(O)c1)c1ccc(O)c(O)c1. The number of carbonyl (C=O) groups is 4. The van der Waals surface area contributed by atoms with Gasteiger partial charge in [0.15, 0.2) is 52.1 Å². The molecule has 4 aromatic rings. The largest absolute Gasteiger partial charge is 0.504 e. The summed E-state index contributed by atoms with van der Waals surface area (Å²) in [7, 11) is 0. The highest BCUT2D eigenvalue weighted by Crippen LogP contribution is 2.34. The second kappa shape index (κ2) is 14.1. The van der Waals surface area contributed by atoms with Gasteiger partial charge in [0, 0.05) is 0 Å². The summed E-state index contributed by atoms with van der Waals surface area (Å²) in [6.45, 7) is -0.776. The van der Waals surface area contributed by atoms with Crippen LogP contribution in [0.15, 0.2) is 72.8 Å². The normalized spacial score (nSPS) is 18.2. The van der Waals surface area contributed by atoms with Crippen LogP contribution in [0.4, 0.5) is 0 Å². The number of phenolic OH excluding ortho intramolecular Hbond substituents is 8. The molecule has 1 aliphatic rings. The second-order valence-electron chi connectivity index (χ2n) is 10.6. The van der Waals surface area contributed by atoms with Crippen molar-refractivity contribution in [2.24, 2.45) is 0 Å². The molecule has 1 saturated heterocycles. The summed E-state index contributed by atoms with van der Waals surface area (Å²) in [5.74, 6) is -9.58. The fraction of sp³-hybridized carbons (Fsp3) is 0.152. The van der Waals surface area contributed by atoms with E-state index in [9.17, 15) is 60.0 Å². The molecule has 0 aromatic heterocycles.